The molecular weight excluding hydrogens is 378 g/mol. The quantitative estimate of drug-likeness (QED) is 0.616. The van der Waals surface area contributed by atoms with Crippen LogP contribution < -0.4 is 5.32 Å². The Morgan fingerprint density at radius 2 is 1.60 bits per heavy atom. The van der Waals surface area contributed by atoms with E-state index in [-0.39, 0.29) is 47.8 Å². The number of imide groups is 1. The zero-order chi connectivity index (χ0) is 20.7. The highest BCUT2D eigenvalue weighted by atomic mass is 16.2. The van der Waals surface area contributed by atoms with Gasteiger partial charge in [-0.2, -0.15) is 0 Å². The number of likely N-dealkylation sites (tertiary alicyclic amines) is 1. The van der Waals surface area contributed by atoms with Crippen LogP contribution in [0.25, 0.3) is 0 Å². The smallest absolute Gasteiger partial charge is 0.234 e. The molecule has 1 saturated heterocycles. The summed E-state index contributed by atoms with van der Waals surface area (Å²) in [4.78, 5) is 45.2. The number of rotatable bonds is 5. The summed E-state index contributed by atoms with van der Waals surface area (Å²) in [7, 11) is 0. The number of pyridine rings is 1. The van der Waals surface area contributed by atoms with Crippen LogP contribution in [0.15, 0.2) is 66.9 Å². The van der Waals surface area contributed by atoms with Crippen LogP contribution in [0.4, 0.5) is 5.82 Å². The van der Waals surface area contributed by atoms with Gasteiger partial charge >= 0.3 is 0 Å². The number of benzene rings is 1. The number of carbonyl (C=O) groups is 3. The van der Waals surface area contributed by atoms with E-state index in [1.165, 1.54) is 4.90 Å². The molecule has 1 aliphatic heterocycles. The van der Waals surface area contributed by atoms with Gasteiger partial charge in [0.25, 0.3) is 0 Å². The van der Waals surface area contributed by atoms with Crippen molar-refractivity contribution in [2.24, 2.45) is 23.7 Å². The number of aromatic nitrogens is 1. The van der Waals surface area contributed by atoms with Crippen molar-refractivity contribution >= 4 is 23.5 Å². The summed E-state index contributed by atoms with van der Waals surface area (Å²) in [6, 6.07) is 14.0. The maximum Gasteiger partial charge on any atom is 0.234 e. The van der Waals surface area contributed by atoms with Crippen LogP contribution in [-0.2, 0) is 14.4 Å². The van der Waals surface area contributed by atoms with Gasteiger partial charge in [-0.05, 0) is 42.4 Å². The van der Waals surface area contributed by atoms with Crippen molar-refractivity contribution in [2.75, 3.05) is 5.32 Å². The van der Waals surface area contributed by atoms with Gasteiger partial charge in [-0.15, -0.1) is 0 Å². The molecule has 0 radical (unpaired) electrons. The number of hydrogen-bond acceptors (Lipinski definition) is 4. The lowest BCUT2D eigenvalue weighted by Gasteiger charge is -2.38. The van der Waals surface area contributed by atoms with Crippen LogP contribution >= 0.6 is 0 Å². The number of anilines is 1. The lowest BCUT2D eigenvalue weighted by molar-refractivity contribution is -0.143. The minimum absolute atomic E-state index is 0.000267. The zero-order valence-corrected chi connectivity index (χ0v) is 16.5. The molecule has 6 rings (SSSR count). The lowest BCUT2D eigenvalue weighted by atomic mass is 9.63. The van der Waals surface area contributed by atoms with Crippen LogP contribution in [0.3, 0.4) is 0 Å². The number of carbonyl (C=O) groups excluding carboxylic acids is 3. The van der Waals surface area contributed by atoms with Crippen LogP contribution in [0.2, 0.25) is 0 Å². The Kier molecular flexibility index (Phi) is 4.69. The highest BCUT2D eigenvalue weighted by Crippen LogP contribution is 2.51. The SMILES string of the molecule is O=C(C[C@H](c1ccccc1)N1C(=O)[C@@H]2[C@@H](C1=O)[C@H]1C=C[C@H]2CC1)Nc1ccccn1. The van der Waals surface area contributed by atoms with Crippen LogP contribution in [0, 0.1) is 23.7 Å². The van der Waals surface area contributed by atoms with Gasteiger partial charge in [0.15, 0.2) is 0 Å². The van der Waals surface area contributed by atoms with E-state index in [4.69, 9.17) is 0 Å². The van der Waals surface area contributed by atoms with E-state index in [2.05, 4.69) is 22.5 Å². The maximum absolute atomic E-state index is 13.4. The van der Waals surface area contributed by atoms with E-state index in [1.54, 1.807) is 24.4 Å². The third kappa shape index (κ3) is 3.12. The monoisotopic (exact) mass is 401 g/mol. The zero-order valence-electron chi connectivity index (χ0n) is 16.5. The van der Waals surface area contributed by atoms with Crippen molar-refractivity contribution in [2.45, 2.75) is 25.3 Å². The number of nitrogens with zero attached hydrogens (tertiary/aromatic N) is 2. The van der Waals surface area contributed by atoms with E-state index in [0.717, 1.165) is 18.4 Å². The Hall–Kier alpha value is -3.28. The molecule has 152 valence electrons. The van der Waals surface area contributed by atoms with Crippen LogP contribution in [-0.4, -0.2) is 27.6 Å². The second-order valence-electron chi connectivity index (χ2n) is 8.28. The standard InChI is InChI=1S/C24H23N3O3/c28-20(26-19-8-4-5-13-25-19)14-18(15-6-2-1-3-7-15)27-23(29)21-16-9-10-17(12-11-16)22(21)24(27)30/h1-10,13,16-18,21-22H,11-12,14H2,(H,25,26,28)/t16-,17-,18+,21-,22-/m0/s1. The van der Waals surface area contributed by atoms with Gasteiger partial charge in [0.05, 0.1) is 24.3 Å². The van der Waals surface area contributed by atoms with Gasteiger partial charge in [-0.1, -0.05) is 48.6 Å². The molecule has 1 N–H and O–H groups in total. The molecule has 5 atom stereocenters. The molecule has 2 aromatic rings. The van der Waals surface area contributed by atoms with Crippen molar-refractivity contribution in [3.8, 4) is 0 Å². The molecule has 0 spiro atoms. The Morgan fingerprint density at radius 1 is 0.967 bits per heavy atom. The molecule has 3 aliphatic carbocycles. The predicted molar refractivity (Wildman–Crippen MR) is 111 cm³/mol. The fourth-order valence-corrected chi connectivity index (χ4v) is 5.24. The van der Waals surface area contributed by atoms with Crippen molar-refractivity contribution in [1.82, 2.24) is 9.88 Å². The second kappa shape index (κ2) is 7.52. The minimum atomic E-state index is -0.625. The number of fused-ring (bicyclic) bond motifs is 1. The Bertz CT molecular complexity index is 973. The molecule has 6 heteroatoms. The summed E-state index contributed by atoms with van der Waals surface area (Å²) >= 11 is 0. The Morgan fingerprint density at radius 3 is 2.17 bits per heavy atom. The first kappa shape index (κ1) is 18.7. The average molecular weight is 401 g/mol. The number of amides is 3. The highest BCUT2D eigenvalue weighted by Gasteiger charge is 2.58. The summed E-state index contributed by atoms with van der Waals surface area (Å²) in [5.41, 5.74) is 0.786. The van der Waals surface area contributed by atoms with Crippen LogP contribution in [0.1, 0.15) is 30.9 Å². The number of nitrogens with one attached hydrogen (secondary N) is 1. The molecule has 1 aromatic carbocycles. The molecule has 3 amide bonds. The predicted octanol–water partition coefficient (Wildman–Crippen LogP) is 3.35. The molecule has 2 heterocycles. The number of allylic oxidation sites excluding steroid dienone is 2. The van der Waals surface area contributed by atoms with E-state index in [0.29, 0.717) is 5.82 Å². The molecule has 1 saturated carbocycles. The molecule has 30 heavy (non-hydrogen) atoms. The maximum atomic E-state index is 13.4. The fourth-order valence-electron chi connectivity index (χ4n) is 5.24. The number of hydrogen-bond donors (Lipinski definition) is 1. The summed E-state index contributed by atoms with van der Waals surface area (Å²) in [6.45, 7) is 0. The van der Waals surface area contributed by atoms with Crippen molar-refractivity contribution < 1.29 is 14.4 Å². The van der Waals surface area contributed by atoms with Gasteiger partial charge < -0.3 is 5.32 Å². The molecule has 2 fully saturated rings. The van der Waals surface area contributed by atoms with Crippen molar-refractivity contribution in [3.05, 3.63) is 72.4 Å². The van der Waals surface area contributed by atoms with Crippen molar-refractivity contribution in [1.29, 1.82) is 0 Å². The summed E-state index contributed by atoms with van der Waals surface area (Å²) < 4.78 is 0. The first-order valence-electron chi connectivity index (χ1n) is 10.4. The summed E-state index contributed by atoms with van der Waals surface area (Å²) in [5, 5.41) is 2.78. The molecule has 1 aromatic heterocycles. The molecule has 4 aliphatic rings. The Balaban J connectivity index is 1.45. The van der Waals surface area contributed by atoms with E-state index in [9.17, 15) is 14.4 Å². The lowest BCUT2D eigenvalue weighted by Crippen LogP contribution is -2.38. The van der Waals surface area contributed by atoms with Crippen molar-refractivity contribution in [3.63, 3.8) is 0 Å². The third-order valence-corrected chi connectivity index (χ3v) is 6.60. The first-order chi connectivity index (χ1) is 14.6. The molecule has 2 bridgehead atoms. The van der Waals surface area contributed by atoms with Gasteiger partial charge in [-0.3, -0.25) is 19.3 Å². The third-order valence-electron chi connectivity index (χ3n) is 6.60. The fraction of sp³-hybridized carbons (Fsp3) is 0.333. The highest BCUT2D eigenvalue weighted by molar-refractivity contribution is 6.07. The minimum Gasteiger partial charge on any atom is -0.311 e. The van der Waals surface area contributed by atoms with Gasteiger partial charge in [-0.25, -0.2) is 4.98 Å². The normalized spacial score (nSPS) is 27.8. The molecule has 0 unspecified atom stereocenters. The average Bonchev–Trinajstić information content (AvgIpc) is 3.07. The van der Waals surface area contributed by atoms with Gasteiger partial charge in [0.1, 0.15) is 5.82 Å². The van der Waals surface area contributed by atoms with E-state index >= 15 is 0 Å². The van der Waals surface area contributed by atoms with E-state index < -0.39 is 6.04 Å². The molecular formula is C24H23N3O3. The first-order valence-corrected chi connectivity index (χ1v) is 10.4. The summed E-state index contributed by atoms with van der Waals surface area (Å²) in [6.07, 6.45) is 7.72. The van der Waals surface area contributed by atoms with Gasteiger partial charge in [0, 0.05) is 6.20 Å². The van der Waals surface area contributed by atoms with E-state index in [1.807, 2.05) is 30.3 Å². The van der Waals surface area contributed by atoms with Crippen LogP contribution in [0.5, 0.6) is 0 Å². The second-order valence-corrected chi connectivity index (χ2v) is 8.28. The topological polar surface area (TPSA) is 79.4 Å². The largest absolute Gasteiger partial charge is 0.311 e. The summed E-state index contributed by atoms with van der Waals surface area (Å²) in [5.74, 6) is -0.423. The molecule has 6 nitrogen and oxygen atoms in total. The van der Waals surface area contributed by atoms with Gasteiger partial charge in [0.2, 0.25) is 17.7 Å². The Labute approximate surface area is 175 Å².